The van der Waals surface area contributed by atoms with Crippen LogP contribution in [-0.2, 0) is 20.2 Å². The van der Waals surface area contributed by atoms with Gasteiger partial charge >= 0.3 is 10.2 Å². The number of benzene rings is 1. The molecule has 0 saturated carbocycles. The zero-order chi connectivity index (χ0) is 16.5. The van der Waals surface area contributed by atoms with Gasteiger partial charge in [0.2, 0.25) is 10.0 Å². The van der Waals surface area contributed by atoms with Crippen LogP contribution < -0.4 is 4.72 Å². The summed E-state index contributed by atoms with van der Waals surface area (Å²) in [7, 11) is -8.81. The molecule has 5 nitrogen and oxygen atoms in total. The van der Waals surface area contributed by atoms with E-state index in [0.29, 0.717) is 0 Å². The molecule has 1 aromatic rings. The van der Waals surface area contributed by atoms with Crippen molar-refractivity contribution in [1.82, 2.24) is 4.72 Å². The van der Waals surface area contributed by atoms with Crippen molar-refractivity contribution in [3.8, 4) is 0 Å². The van der Waals surface area contributed by atoms with Gasteiger partial charge in [-0.3, -0.25) is 0 Å². The van der Waals surface area contributed by atoms with E-state index < -0.39 is 25.1 Å². The van der Waals surface area contributed by atoms with Gasteiger partial charge in [-0.05, 0) is 29.5 Å². The van der Waals surface area contributed by atoms with Crippen molar-refractivity contribution >= 4 is 20.2 Å². The molecule has 0 saturated heterocycles. The van der Waals surface area contributed by atoms with Gasteiger partial charge in [-0.2, -0.15) is 8.42 Å². The van der Waals surface area contributed by atoms with E-state index in [-0.39, 0.29) is 22.8 Å². The summed E-state index contributed by atoms with van der Waals surface area (Å²) in [5.74, 6) is 0.0698. The van der Waals surface area contributed by atoms with Crippen molar-refractivity contribution in [3.05, 3.63) is 24.3 Å². The molecule has 1 aromatic carbocycles. The Balaban J connectivity index is 3.00. The molecule has 0 aromatic heterocycles. The lowest BCUT2D eigenvalue weighted by molar-refractivity contribution is 0.263. The molecular formula is C13H20FNO4S2. The number of nitrogens with one attached hydrogen (secondary N) is 1. The third kappa shape index (κ3) is 5.05. The van der Waals surface area contributed by atoms with E-state index in [9.17, 15) is 20.7 Å². The van der Waals surface area contributed by atoms with Crippen LogP contribution >= 0.6 is 0 Å². The molecule has 0 spiro atoms. The Labute approximate surface area is 125 Å². The Kier molecular flexibility index (Phi) is 5.18. The lowest BCUT2D eigenvalue weighted by atomic mass is 9.82. The van der Waals surface area contributed by atoms with Gasteiger partial charge < -0.3 is 0 Å². The van der Waals surface area contributed by atoms with Crippen molar-refractivity contribution in [2.75, 3.05) is 6.54 Å². The average molecular weight is 337 g/mol. The molecule has 0 fully saturated rings. The van der Waals surface area contributed by atoms with Gasteiger partial charge in [0.15, 0.2) is 0 Å². The molecule has 0 aliphatic heterocycles. The zero-order valence-electron chi connectivity index (χ0n) is 12.4. The maximum absolute atomic E-state index is 12.9. The first-order valence-electron chi connectivity index (χ1n) is 6.38. The second kappa shape index (κ2) is 6.02. The molecule has 0 aliphatic carbocycles. The van der Waals surface area contributed by atoms with Crippen LogP contribution in [0.15, 0.2) is 34.1 Å². The van der Waals surface area contributed by atoms with Gasteiger partial charge in [0.25, 0.3) is 0 Å². The quantitative estimate of drug-likeness (QED) is 0.836. The van der Waals surface area contributed by atoms with Gasteiger partial charge in [0.1, 0.15) is 0 Å². The third-order valence-corrected chi connectivity index (χ3v) is 5.69. The van der Waals surface area contributed by atoms with Gasteiger partial charge in [-0.15, -0.1) is 3.89 Å². The van der Waals surface area contributed by atoms with Crippen molar-refractivity contribution in [2.24, 2.45) is 11.3 Å². The van der Waals surface area contributed by atoms with Crippen LogP contribution in [0.3, 0.4) is 0 Å². The van der Waals surface area contributed by atoms with Crippen LogP contribution in [0.4, 0.5) is 3.89 Å². The molecule has 0 heterocycles. The summed E-state index contributed by atoms with van der Waals surface area (Å²) >= 11 is 0. The summed E-state index contributed by atoms with van der Waals surface area (Å²) in [6.07, 6.45) is 0. The SMILES string of the molecule is CC(CNS(=O)(=O)c1cccc(S(=O)(=O)F)c1)C(C)(C)C. The van der Waals surface area contributed by atoms with E-state index in [1.165, 1.54) is 12.1 Å². The van der Waals surface area contributed by atoms with Crippen LogP contribution in [-0.4, -0.2) is 23.4 Å². The standard InChI is InChI=1S/C13H20FNO4S2/c1-10(13(2,3)4)9-15-21(18,19)12-7-5-6-11(8-12)20(14,16)17/h5-8,10,15H,9H2,1-4H3. The summed E-state index contributed by atoms with van der Waals surface area (Å²) in [6.45, 7) is 8.08. The predicted molar refractivity (Wildman–Crippen MR) is 78.5 cm³/mol. The molecule has 1 N–H and O–H groups in total. The first-order valence-corrected chi connectivity index (χ1v) is 9.25. The second-order valence-electron chi connectivity index (χ2n) is 6.03. The van der Waals surface area contributed by atoms with Crippen molar-refractivity contribution in [1.29, 1.82) is 0 Å². The maximum Gasteiger partial charge on any atom is 0.332 e. The molecule has 1 rings (SSSR count). The topological polar surface area (TPSA) is 80.3 Å². The largest absolute Gasteiger partial charge is 0.332 e. The smallest absolute Gasteiger partial charge is 0.211 e. The molecule has 0 aliphatic rings. The fourth-order valence-electron chi connectivity index (χ4n) is 1.42. The Hall–Kier alpha value is -0.990. The van der Waals surface area contributed by atoms with Crippen LogP contribution in [0, 0.1) is 11.3 Å². The molecule has 21 heavy (non-hydrogen) atoms. The van der Waals surface area contributed by atoms with E-state index in [1.54, 1.807) is 0 Å². The van der Waals surface area contributed by atoms with E-state index >= 15 is 0 Å². The second-order valence-corrected chi connectivity index (χ2v) is 9.15. The Morgan fingerprint density at radius 3 is 2.14 bits per heavy atom. The third-order valence-electron chi connectivity index (χ3n) is 3.46. The average Bonchev–Trinajstić information content (AvgIpc) is 2.34. The first-order chi connectivity index (χ1) is 9.34. The minimum absolute atomic E-state index is 0.0698. The Bertz CT molecular complexity index is 706. The van der Waals surface area contributed by atoms with Crippen LogP contribution in [0.2, 0.25) is 0 Å². The number of hydrogen-bond acceptors (Lipinski definition) is 4. The lowest BCUT2D eigenvalue weighted by Gasteiger charge is -2.27. The van der Waals surface area contributed by atoms with E-state index in [0.717, 1.165) is 12.1 Å². The highest BCUT2D eigenvalue weighted by atomic mass is 32.3. The van der Waals surface area contributed by atoms with Gasteiger partial charge in [0, 0.05) is 6.54 Å². The summed E-state index contributed by atoms with van der Waals surface area (Å²) < 4.78 is 61.2. The molecule has 0 radical (unpaired) electrons. The summed E-state index contributed by atoms with van der Waals surface area (Å²) in [6, 6.07) is 4.22. The number of hydrogen-bond donors (Lipinski definition) is 1. The molecule has 8 heteroatoms. The minimum atomic E-state index is -4.93. The fourth-order valence-corrected chi connectivity index (χ4v) is 3.18. The first kappa shape index (κ1) is 18.1. The van der Waals surface area contributed by atoms with Crippen LogP contribution in [0.5, 0.6) is 0 Å². The van der Waals surface area contributed by atoms with Gasteiger partial charge in [0.05, 0.1) is 9.79 Å². The molecule has 1 atom stereocenters. The van der Waals surface area contributed by atoms with Crippen LogP contribution in [0.1, 0.15) is 27.7 Å². The lowest BCUT2D eigenvalue weighted by Crippen LogP contribution is -2.33. The maximum atomic E-state index is 12.9. The zero-order valence-corrected chi connectivity index (χ0v) is 14.1. The minimum Gasteiger partial charge on any atom is -0.211 e. The molecule has 1 unspecified atom stereocenters. The van der Waals surface area contributed by atoms with Crippen LogP contribution in [0.25, 0.3) is 0 Å². The number of sulfonamides is 1. The number of halogens is 1. The predicted octanol–water partition coefficient (Wildman–Crippen LogP) is 2.31. The van der Waals surface area contributed by atoms with Gasteiger partial charge in [-0.25, -0.2) is 13.1 Å². The molecule has 0 amide bonds. The van der Waals surface area contributed by atoms with E-state index in [4.69, 9.17) is 0 Å². The summed E-state index contributed by atoms with van der Waals surface area (Å²) in [5.41, 5.74) is -0.0767. The van der Waals surface area contributed by atoms with Crippen molar-refractivity contribution in [2.45, 2.75) is 37.5 Å². The van der Waals surface area contributed by atoms with Crippen molar-refractivity contribution in [3.63, 3.8) is 0 Å². The Morgan fingerprint density at radius 1 is 1.14 bits per heavy atom. The molecular weight excluding hydrogens is 317 g/mol. The van der Waals surface area contributed by atoms with Gasteiger partial charge in [-0.1, -0.05) is 33.8 Å². The normalized spacial score (nSPS) is 14.9. The Morgan fingerprint density at radius 2 is 1.67 bits per heavy atom. The highest BCUT2D eigenvalue weighted by Crippen LogP contribution is 2.25. The molecule has 0 bridgehead atoms. The van der Waals surface area contributed by atoms with E-state index in [1.807, 2.05) is 27.7 Å². The monoisotopic (exact) mass is 337 g/mol. The molecule has 120 valence electrons. The summed E-state index contributed by atoms with van der Waals surface area (Å²) in [4.78, 5) is -0.948. The van der Waals surface area contributed by atoms with Crippen molar-refractivity contribution < 1.29 is 20.7 Å². The highest BCUT2D eigenvalue weighted by molar-refractivity contribution is 7.89. The summed E-state index contributed by atoms with van der Waals surface area (Å²) in [5, 5.41) is 0. The fraction of sp³-hybridized carbons (Fsp3) is 0.538. The van der Waals surface area contributed by atoms with E-state index in [2.05, 4.69) is 4.72 Å². The number of rotatable bonds is 5. The highest BCUT2D eigenvalue weighted by Gasteiger charge is 2.23.